The van der Waals surface area contributed by atoms with Crippen LogP contribution in [0.4, 0.5) is 0 Å². The van der Waals surface area contributed by atoms with Crippen molar-refractivity contribution in [3.8, 4) is 27.9 Å². The molecule has 9 aromatic rings. The zero-order valence-electron chi connectivity index (χ0n) is 28.0. The number of nitrogens with zero attached hydrogens (tertiary/aromatic N) is 1. The number of fused-ring (bicyclic) bond motifs is 9. The molecule has 1 heterocycles. The van der Waals surface area contributed by atoms with Crippen molar-refractivity contribution in [3.05, 3.63) is 181 Å². The highest BCUT2D eigenvalue weighted by atomic mass is 16.1. The first-order valence-corrected chi connectivity index (χ1v) is 17.7. The Morgan fingerprint density at radius 3 is 1.69 bits per heavy atom. The summed E-state index contributed by atoms with van der Waals surface area (Å²) in [4.78, 5) is 11.9. The van der Waals surface area contributed by atoms with E-state index in [0.717, 1.165) is 57.7 Å². The largest absolute Gasteiger partial charge is 0.309 e. The first kappa shape index (κ1) is 29.4. The minimum atomic E-state index is 0.678. The first-order valence-electron chi connectivity index (χ1n) is 17.7. The smallest absolute Gasteiger partial charge is 0.150 e. The average Bonchev–Trinajstić information content (AvgIpc) is 3.54. The summed E-state index contributed by atoms with van der Waals surface area (Å²) >= 11 is 0. The molecule has 1 aromatic heterocycles. The lowest BCUT2D eigenvalue weighted by Crippen LogP contribution is -1.96. The summed E-state index contributed by atoms with van der Waals surface area (Å²) < 4.78 is 2.33. The molecule has 51 heavy (non-hydrogen) atoms. The third-order valence-electron chi connectivity index (χ3n) is 10.6. The molecular weight excluding hydrogens is 619 g/mol. The van der Waals surface area contributed by atoms with Crippen molar-refractivity contribution in [3.63, 3.8) is 0 Å². The Balaban J connectivity index is 1.11. The van der Waals surface area contributed by atoms with Gasteiger partial charge in [0.2, 0.25) is 0 Å². The Bertz CT molecular complexity index is 2900. The number of rotatable bonds is 5. The van der Waals surface area contributed by atoms with Crippen molar-refractivity contribution >= 4 is 66.0 Å². The molecule has 2 nitrogen and oxygen atoms in total. The Morgan fingerprint density at radius 1 is 0.431 bits per heavy atom. The van der Waals surface area contributed by atoms with Gasteiger partial charge in [0.05, 0.1) is 11.0 Å². The maximum atomic E-state index is 11.9. The minimum Gasteiger partial charge on any atom is -0.309 e. The van der Waals surface area contributed by atoms with Crippen LogP contribution in [0.2, 0.25) is 0 Å². The number of carbonyl (C=O) groups excluding carboxylic acids is 1. The van der Waals surface area contributed by atoms with E-state index in [9.17, 15) is 4.79 Å². The topological polar surface area (TPSA) is 22.0 Å². The molecule has 0 aliphatic heterocycles. The van der Waals surface area contributed by atoms with Crippen molar-refractivity contribution in [1.82, 2.24) is 4.57 Å². The van der Waals surface area contributed by atoms with Gasteiger partial charge in [-0.1, -0.05) is 115 Å². The highest BCUT2D eigenvalue weighted by Gasteiger charge is 2.16. The molecular formula is C49H33NO. The van der Waals surface area contributed by atoms with E-state index < -0.39 is 0 Å². The van der Waals surface area contributed by atoms with Gasteiger partial charge >= 0.3 is 0 Å². The molecule has 8 aromatic carbocycles. The van der Waals surface area contributed by atoms with E-state index in [1.807, 2.05) is 12.1 Å². The van der Waals surface area contributed by atoms with Gasteiger partial charge in [0.25, 0.3) is 0 Å². The quantitative estimate of drug-likeness (QED) is 0.134. The van der Waals surface area contributed by atoms with Crippen molar-refractivity contribution in [2.75, 3.05) is 0 Å². The SMILES string of the molecule is O=Cc1ccc2c(c1)c1cc(-c3cccc(-c4ccc5c6ccccc6c6ccccc6c5c4)c3)ccc1n2-c1cccc(C2=CCCC=C2)c1. The fraction of sp³-hybridized carbons (Fsp3) is 0.0408. The van der Waals surface area contributed by atoms with Crippen LogP contribution >= 0.6 is 0 Å². The maximum absolute atomic E-state index is 11.9. The number of hydrogen-bond donors (Lipinski definition) is 0. The zero-order valence-corrected chi connectivity index (χ0v) is 28.0. The molecule has 0 saturated heterocycles. The number of aldehydes is 1. The van der Waals surface area contributed by atoms with Crippen molar-refractivity contribution in [2.45, 2.75) is 12.8 Å². The number of benzene rings is 8. The highest BCUT2D eigenvalue weighted by Crippen LogP contribution is 2.39. The molecule has 1 aliphatic carbocycles. The van der Waals surface area contributed by atoms with E-state index in [1.54, 1.807) is 0 Å². The molecule has 0 atom stereocenters. The molecule has 1 aliphatic rings. The van der Waals surface area contributed by atoms with Crippen LogP contribution in [0.3, 0.4) is 0 Å². The van der Waals surface area contributed by atoms with Crippen molar-refractivity contribution < 1.29 is 4.79 Å². The molecule has 0 unspecified atom stereocenters. The lowest BCUT2D eigenvalue weighted by atomic mass is 9.91. The number of carbonyl (C=O) groups is 1. The van der Waals surface area contributed by atoms with Gasteiger partial charge in [-0.3, -0.25) is 4.79 Å². The molecule has 0 N–H and O–H groups in total. The molecule has 10 rings (SSSR count). The summed E-state index contributed by atoms with van der Waals surface area (Å²) in [5.74, 6) is 0. The van der Waals surface area contributed by atoms with Crippen LogP contribution in [0, 0.1) is 0 Å². The van der Waals surface area contributed by atoms with Crippen molar-refractivity contribution in [1.29, 1.82) is 0 Å². The van der Waals surface area contributed by atoms with E-state index in [1.165, 1.54) is 54.6 Å². The van der Waals surface area contributed by atoms with Crippen LogP contribution < -0.4 is 0 Å². The predicted octanol–water partition coefficient (Wildman–Crippen LogP) is 13.1. The fourth-order valence-electron chi connectivity index (χ4n) is 8.19. The Morgan fingerprint density at radius 2 is 1.00 bits per heavy atom. The summed E-state index contributed by atoms with van der Waals surface area (Å²) in [5.41, 5.74) is 11.1. The predicted molar refractivity (Wildman–Crippen MR) is 216 cm³/mol. The third-order valence-corrected chi connectivity index (χ3v) is 10.6. The number of hydrogen-bond acceptors (Lipinski definition) is 1. The summed E-state index contributed by atoms with van der Waals surface area (Å²) in [5, 5.41) is 9.88. The molecule has 0 bridgehead atoms. The van der Waals surface area contributed by atoms with Gasteiger partial charge < -0.3 is 4.57 Å². The monoisotopic (exact) mass is 651 g/mol. The molecule has 240 valence electrons. The molecule has 0 saturated carbocycles. The Labute approximate surface area is 296 Å². The standard InChI is InChI=1S/C49H33NO/c51-31-32-20-24-48-46(26-32)47-30-38(22-25-49(47)50(48)39-15-9-14-36(28-39)33-10-2-1-3-11-33)35-13-8-12-34(27-35)37-21-23-44-42-18-5-4-16-40(42)41-17-6-7-19-43(41)45(44)29-37/h2,4-31H,1,3H2. The normalized spacial score (nSPS) is 13.1. The lowest BCUT2D eigenvalue weighted by molar-refractivity contribution is 0.112. The molecule has 0 fully saturated rings. The Kier molecular flexibility index (Phi) is 6.82. The fourth-order valence-corrected chi connectivity index (χ4v) is 8.19. The first-order chi connectivity index (χ1) is 25.2. The van der Waals surface area contributed by atoms with Crippen LogP contribution in [0.5, 0.6) is 0 Å². The van der Waals surface area contributed by atoms with Gasteiger partial charge in [-0.05, 0) is 133 Å². The van der Waals surface area contributed by atoms with E-state index in [4.69, 9.17) is 0 Å². The second kappa shape index (κ2) is 11.8. The van der Waals surface area contributed by atoms with Gasteiger partial charge in [0.1, 0.15) is 6.29 Å². The van der Waals surface area contributed by atoms with Crippen LogP contribution in [0.25, 0.3) is 87.6 Å². The van der Waals surface area contributed by atoms with Crippen LogP contribution in [-0.4, -0.2) is 10.9 Å². The van der Waals surface area contributed by atoms with Crippen LogP contribution in [0.1, 0.15) is 28.8 Å². The second-order valence-corrected chi connectivity index (χ2v) is 13.6. The zero-order chi connectivity index (χ0) is 33.9. The van der Waals surface area contributed by atoms with Gasteiger partial charge in [0.15, 0.2) is 0 Å². The second-order valence-electron chi connectivity index (χ2n) is 13.6. The molecule has 0 amide bonds. The van der Waals surface area contributed by atoms with Crippen LogP contribution in [0.15, 0.2) is 170 Å². The molecule has 0 radical (unpaired) electrons. The lowest BCUT2D eigenvalue weighted by Gasteiger charge is -2.13. The van der Waals surface area contributed by atoms with Gasteiger partial charge in [-0.15, -0.1) is 0 Å². The Hall–Kier alpha value is -6.51. The summed E-state index contributed by atoms with van der Waals surface area (Å²) in [7, 11) is 0. The highest BCUT2D eigenvalue weighted by molar-refractivity contribution is 6.25. The van der Waals surface area contributed by atoms with Crippen LogP contribution in [-0.2, 0) is 0 Å². The molecule has 2 heteroatoms. The van der Waals surface area contributed by atoms with Gasteiger partial charge in [-0.25, -0.2) is 0 Å². The van der Waals surface area contributed by atoms with Gasteiger partial charge in [0, 0.05) is 22.0 Å². The van der Waals surface area contributed by atoms with E-state index in [2.05, 4.69) is 162 Å². The summed E-state index contributed by atoms with van der Waals surface area (Å²) in [6, 6.07) is 54.8. The maximum Gasteiger partial charge on any atom is 0.150 e. The van der Waals surface area contributed by atoms with E-state index in [-0.39, 0.29) is 0 Å². The minimum absolute atomic E-state index is 0.678. The average molecular weight is 652 g/mol. The number of allylic oxidation sites excluding steroid dienone is 4. The number of aromatic nitrogens is 1. The summed E-state index contributed by atoms with van der Waals surface area (Å²) in [6.07, 6.45) is 9.91. The third kappa shape index (κ3) is 4.83. The van der Waals surface area contributed by atoms with E-state index >= 15 is 0 Å². The van der Waals surface area contributed by atoms with E-state index in [0.29, 0.717) is 5.56 Å². The van der Waals surface area contributed by atoms with Gasteiger partial charge in [-0.2, -0.15) is 0 Å². The van der Waals surface area contributed by atoms with Crippen molar-refractivity contribution in [2.24, 2.45) is 0 Å². The molecule has 0 spiro atoms. The summed E-state index contributed by atoms with van der Waals surface area (Å²) in [6.45, 7) is 0.